The van der Waals surface area contributed by atoms with Crippen molar-refractivity contribution < 1.29 is 4.74 Å². The summed E-state index contributed by atoms with van der Waals surface area (Å²) in [4.78, 5) is 2.51. The zero-order valence-corrected chi connectivity index (χ0v) is 11.5. The highest BCUT2D eigenvalue weighted by Crippen LogP contribution is 2.12. The van der Waals surface area contributed by atoms with Gasteiger partial charge in [0.25, 0.3) is 0 Å². The molecule has 0 radical (unpaired) electrons. The Kier molecular flexibility index (Phi) is 5.02. The molecule has 3 nitrogen and oxygen atoms in total. The molecule has 0 saturated carbocycles. The highest BCUT2D eigenvalue weighted by molar-refractivity contribution is 5.27. The van der Waals surface area contributed by atoms with E-state index in [9.17, 15) is 0 Å². The smallest absolute Gasteiger partial charge is 0.119 e. The van der Waals surface area contributed by atoms with Gasteiger partial charge in [-0.25, -0.2) is 0 Å². The molecule has 0 aromatic heterocycles. The first-order chi connectivity index (χ1) is 8.74. The summed E-state index contributed by atoms with van der Waals surface area (Å²) in [5.41, 5.74) is 1.25. The number of rotatable bonds is 5. The standard InChI is InChI=1S/C15H24N2O/c1-13-5-3-6-15(11-13)18-10-4-8-17-9-7-16-14(2)12-17/h3,5-6,11,14,16H,4,7-10,12H2,1-2H3. The summed E-state index contributed by atoms with van der Waals surface area (Å²) in [5, 5.41) is 3.46. The van der Waals surface area contributed by atoms with Crippen LogP contribution in [0.1, 0.15) is 18.9 Å². The Hall–Kier alpha value is -1.06. The van der Waals surface area contributed by atoms with E-state index in [1.165, 1.54) is 5.56 Å². The fourth-order valence-electron chi connectivity index (χ4n) is 2.40. The predicted molar refractivity (Wildman–Crippen MR) is 75.2 cm³/mol. The van der Waals surface area contributed by atoms with Crippen molar-refractivity contribution in [2.75, 3.05) is 32.8 Å². The molecule has 1 heterocycles. The molecule has 0 spiro atoms. The third-order valence-corrected chi connectivity index (χ3v) is 3.33. The lowest BCUT2D eigenvalue weighted by Crippen LogP contribution is -2.49. The average Bonchev–Trinajstić information content (AvgIpc) is 2.35. The topological polar surface area (TPSA) is 24.5 Å². The number of hydrogen-bond donors (Lipinski definition) is 1. The lowest BCUT2D eigenvalue weighted by molar-refractivity contribution is 0.189. The first kappa shape index (κ1) is 13.4. The van der Waals surface area contributed by atoms with Crippen molar-refractivity contribution in [3.63, 3.8) is 0 Å². The predicted octanol–water partition coefficient (Wildman–Crippen LogP) is 2.06. The largest absolute Gasteiger partial charge is 0.494 e. The van der Waals surface area contributed by atoms with Gasteiger partial charge >= 0.3 is 0 Å². The summed E-state index contributed by atoms with van der Waals surface area (Å²) >= 11 is 0. The number of nitrogens with zero attached hydrogens (tertiary/aromatic N) is 1. The molecule has 1 atom stereocenters. The average molecular weight is 248 g/mol. The normalized spacial score (nSPS) is 20.9. The van der Waals surface area contributed by atoms with E-state index in [2.05, 4.69) is 36.2 Å². The number of benzene rings is 1. The van der Waals surface area contributed by atoms with Gasteiger partial charge in [-0.2, -0.15) is 0 Å². The lowest BCUT2D eigenvalue weighted by Gasteiger charge is -2.31. The molecule has 1 aliphatic heterocycles. The zero-order chi connectivity index (χ0) is 12.8. The van der Waals surface area contributed by atoms with Crippen LogP contribution in [0.4, 0.5) is 0 Å². The van der Waals surface area contributed by atoms with Crippen LogP contribution in [0.3, 0.4) is 0 Å². The Bertz CT molecular complexity index is 367. The van der Waals surface area contributed by atoms with Crippen molar-refractivity contribution in [1.82, 2.24) is 10.2 Å². The molecular weight excluding hydrogens is 224 g/mol. The maximum absolute atomic E-state index is 5.76. The third kappa shape index (κ3) is 4.31. The molecule has 1 fully saturated rings. The minimum atomic E-state index is 0.622. The second-order valence-electron chi connectivity index (χ2n) is 5.17. The SMILES string of the molecule is Cc1cccc(OCCCN2CCNC(C)C2)c1. The molecule has 0 bridgehead atoms. The van der Waals surface area contributed by atoms with Crippen LogP contribution >= 0.6 is 0 Å². The van der Waals surface area contributed by atoms with Gasteiger partial charge in [0.1, 0.15) is 5.75 Å². The number of hydrogen-bond acceptors (Lipinski definition) is 3. The molecule has 18 heavy (non-hydrogen) atoms. The van der Waals surface area contributed by atoms with E-state index in [-0.39, 0.29) is 0 Å². The minimum Gasteiger partial charge on any atom is -0.494 e. The van der Waals surface area contributed by atoms with Gasteiger partial charge in [0, 0.05) is 32.2 Å². The monoisotopic (exact) mass is 248 g/mol. The van der Waals surface area contributed by atoms with Crippen molar-refractivity contribution in [1.29, 1.82) is 0 Å². The van der Waals surface area contributed by atoms with Crippen LogP contribution in [-0.4, -0.2) is 43.7 Å². The summed E-state index contributed by atoms with van der Waals surface area (Å²) in [5.74, 6) is 0.990. The van der Waals surface area contributed by atoms with E-state index in [1.54, 1.807) is 0 Å². The van der Waals surface area contributed by atoms with Gasteiger partial charge in [-0.05, 0) is 38.0 Å². The van der Waals surface area contributed by atoms with E-state index in [0.717, 1.165) is 45.0 Å². The highest BCUT2D eigenvalue weighted by Gasteiger charge is 2.14. The zero-order valence-electron chi connectivity index (χ0n) is 11.5. The molecule has 2 rings (SSSR count). The molecule has 3 heteroatoms. The number of nitrogens with one attached hydrogen (secondary N) is 1. The Morgan fingerprint density at radius 2 is 2.33 bits per heavy atom. The van der Waals surface area contributed by atoms with Gasteiger partial charge in [-0.1, -0.05) is 12.1 Å². The molecule has 1 aromatic carbocycles. The Morgan fingerprint density at radius 3 is 3.11 bits per heavy atom. The summed E-state index contributed by atoms with van der Waals surface area (Å²) in [6.45, 7) is 9.71. The first-order valence-electron chi connectivity index (χ1n) is 6.89. The number of ether oxygens (including phenoxy) is 1. The van der Waals surface area contributed by atoms with E-state index in [4.69, 9.17) is 4.74 Å². The fraction of sp³-hybridized carbons (Fsp3) is 0.600. The second-order valence-corrected chi connectivity index (χ2v) is 5.17. The van der Waals surface area contributed by atoms with Gasteiger partial charge < -0.3 is 15.0 Å². The van der Waals surface area contributed by atoms with Gasteiger partial charge in [0.15, 0.2) is 0 Å². The molecule has 1 saturated heterocycles. The summed E-state index contributed by atoms with van der Waals surface area (Å²) in [6, 6.07) is 8.88. The lowest BCUT2D eigenvalue weighted by atomic mass is 10.2. The van der Waals surface area contributed by atoms with Crippen LogP contribution in [0.2, 0.25) is 0 Å². The molecular formula is C15H24N2O. The van der Waals surface area contributed by atoms with Crippen LogP contribution in [-0.2, 0) is 0 Å². The first-order valence-corrected chi connectivity index (χ1v) is 6.89. The maximum Gasteiger partial charge on any atom is 0.119 e. The maximum atomic E-state index is 5.76. The fourth-order valence-corrected chi connectivity index (χ4v) is 2.40. The summed E-state index contributed by atoms with van der Waals surface area (Å²) in [6.07, 6.45) is 1.10. The number of aryl methyl sites for hydroxylation is 1. The van der Waals surface area contributed by atoms with Gasteiger partial charge in [0.2, 0.25) is 0 Å². The molecule has 0 amide bonds. The van der Waals surface area contributed by atoms with Crippen LogP contribution in [0.5, 0.6) is 5.75 Å². The summed E-state index contributed by atoms with van der Waals surface area (Å²) < 4.78 is 5.76. The van der Waals surface area contributed by atoms with Gasteiger partial charge in [-0.15, -0.1) is 0 Å². The van der Waals surface area contributed by atoms with Gasteiger partial charge in [-0.3, -0.25) is 0 Å². The Labute approximate surface area is 110 Å². The van der Waals surface area contributed by atoms with E-state index in [1.807, 2.05) is 12.1 Å². The summed E-state index contributed by atoms with van der Waals surface area (Å²) in [7, 11) is 0. The van der Waals surface area contributed by atoms with Crippen molar-refractivity contribution in [2.45, 2.75) is 26.3 Å². The van der Waals surface area contributed by atoms with Crippen molar-refractivity contribution in [2.24, 2.45) is 0 Å². The van der Waals surface area contributed by atoms with Crippen molar-refractivity contribution >= 4 is 0 Å². The molecule has 1 aliphatic rings. The van der Waals surface area contributed by atoms with E-state index >= 15 is 0 Å². The van der Waals surface area contributed by atoms with Crippen molar-refractivity contribution in [3.8, 4) is 5.75 Å². The van der Waals surface area contributed by atoms with E-state index in [0.29, 0.717) is 6.04 Å². The van der Waals surface area contributed by atoms with Gasteiger partial charge in [0.05, 0.1) is 6.61 Å². The van der Waals surface area contributed by atoms with Crippen LogP contribution < -0.4 is 10.1 Å². The van der Waals surface area contributed by atoms with E-state index < -0.39 is 0 Å². The Balaban J connectivity index is 1.64. The molecule has 100 valence electrons. The molecule has 1 unspecified atom stereocenters. The second kappa shape index (κ2) is 6.76. The minimum absolute atomic E-state index is 0.622. The third-order valence-electron chi connectivity index (χ3n) is 3.33. The molecule has 0 aliphatic carbocycles. The van der Waals surface area contributed by atoms with Crippen LogP contribution in [0, 0.1) is 6.92 Å². The van der Waals surface area contributed by atoms with Crippen LogP contribution in [0.15, 0.2) is 24.3 Å². The highest BCUT2D eigenvalue weighted by atomic mass is 16.5. The quantitative estimate of drug-likeness (QED) is 0.807. The van der Waals surface area contributed by atoms with Crippen LogP contribution in [0.25, 0.3) is 0 Å². The molecule has 1 aromatic rings. The Morgan fingerprint density at radius 1 is 1.44 bits per heavy atom. The number of piperazine rings is 1. The molecule has 1 N–H and O–H groups in total. The van der Waals surface area contributed by atoms with Crippen molar-refractivity contribution in [3.05, 3.63) is 29.8 Å².